The maximum Gasteiger partial charge on any atom is 0.203 e. The quantitative estimate of drug-likeness (QED) is 0.0470. The molecule has 1 fully saturated rings. The molecule has 1 heterocycles. The van der Waals surface area contributed by atoms with E-state index in [0.29, 0.717) is 45.6 Å². The zero-order valence-electron chi connectivity index (χ0n) is 29.6. The second-order valence-electron chi connectivity index (χ2n) is 10.4. The van der Waals surface area contributed by atoms with E-state index in [1.165, 1.54) is 48.7 Å². The maximum absolute atomic E-state index is 12.7. The average molecular weight is 707 g/mol. The fourth-order valence-corrected chi connectivity index (χ4v) is 4.95. The summed E-state index contributed by atoms with van der Waals surface area (Å²) in [6.45, 7) is 0. The van der Waals surface area contributed by atoms with Gasteiger partial charge in [0.25, 0.3) is 0 Å². The smallest absolute Gasteiger partial charge is 0.203 e. The molecule has 2 atom stereocenters. The molecule has 2 N–H and O–H groups in total. The second kappa shape index (κ2) is 19.4. The fourth-order valence-electron chi connectivity index (χ4n) is 4.95. The minimum Gasteiger partial charge on any atom is -0.497 e. The number of benzene rings is 4. The lowest BCUT2D eigenvalue weighted by atomic mass is 10.0. The highest BCUT2D eigenvalue weighted by atomic mass is 17.0. The van der Waals surface area contributed by atoms with E-state index in [2.05, 4.69) is 0 Å². The van der Waals surface area contributed by atoms with E-state index in [9.17, 15) is 9.59 Å². The van der Waals surface area contributed by atoms with Crippen molar-refractivity contribution in [2.24, 2.45) is 0 Å². The summed E-state index contributed by atoms with van der Waals surface area (Å²) >= 11 is 0. The van der Waals surface area contributed by atoms with Crippen LogP contribution in [-0.4, -0.2) is 85.1 Å². The zero-order valence-corrected chi connectivity index (χ0v) is 29.6. The third-order valence-electron chi connectivity index (χ3n) is 7.64. The Morgan fingerprint density at radius 1 is 0.569 bits per heavy atom. The van der Waals surface area contributed by atoms with E-state index in [-0.39, 0.29) is 17.7 Å². The van der Waals surface area contributed by atoms with Crippen molar-refractivity contribution in [3.05, 3.63) is 101 Å². The lowest BCUT2D eigenvalue weighted by Crippen LogP contribution is -2.09. The summed E-state index contributed by atoms with van der Waals surface area (Å²) in [5.74, 6) is 3.90. The van der Waals surface area contributed by atoms with Crippen molar-refractivity contribution in [1.29, 1.82) is 0 Å². The fraction of sp³-hybridized carbons (Fsp3) is 0.263. The topological polar surface area (TPSA) is 161 Å². The van der Waals surface area contributed by atoms with E-state index in [1.54, 1.807) is 44.6 Å². The molecule has 0 aromatic heterocycles. The van der Waals surface area contributed by atoms with Crippen molar-refractivity contribution in [2.75, 3.05) is 56.9 Å². The zero-order chi connectivity index (χ0) is 37.5. The first-order chi connectivity index (χ1) is 24.7. The van der Waals surface area contributed by atoms with Gasteiger partial charge in [-0.3, -0.25) is 20.1 Å². The Kier molecular flexibility index (Phi) is 15.1. The van der Waals surface area contributed by atoms with Gasteiger partial charge in [0, 0.05) is 11.1 Å². The Labute approximate surface area is 296 Å². The van der Waals surface area contributed by atoms with Crippen LogP contribution in [0.25, 0.3) is 6.08 Å². The molecule has 0 bridgehead atoms. The maximum atomic E-state index is 12.7. The molecule has 0 saturated carbocycles. The van der Waals surface area contributed by atoms with Gasteiger partial charge in [0.2, 0.25) is 11.5 Å². The Bertz CT molecular complexity index is 1720. The number of epoxide rings is 1. The summed E-state index contributed by atoms with van der Waals surface area (Å²) in [6.07, 6.45) is 2.47. The van der Waals surface area contributed by atoms with Gasteiger partial charge >= 0.3 is 0 Å². The number of carbonyl (C=O) groups excluding carboxylic acids is 2. The third-order valence-corrected chi connectivity index (χ3v) is 7.64. The van der Waals surface area contributed by atoms with Crippen LogP contribution in [0, 0.1) is 0 Å². The van der Waals surface area contributed by atoms with E-state index in [0.717, 1.165) is 22.6 Å². The van der Waals surface area contributed by atoms with Crippen LogP contribution in [0.15, 0.2) is 78.9 Å². The van der Waals surface area contributed by atoms with Crippen LogP contribution in [0.4, 0.5) is 0 Å². The summed E-state index contributed by atoms with van der Waals surface area (Å²) in [6, 6.07) is 21.4. The number of ketones is 2. The number of methoxy groups -OCH3 is 8. The highest BCUT2D eigenvalue weighted by Gasteiger charge is 2.46. The van der Waals surface area contributed by atoms with Crippen molar-refractivity contribution < 1.29 is 62.7 Å². The van der Waals surface area contributed by atoms with Gasteiger partial charge in [0.15, 0.2) is 40.7 Å². The minimum atomic E-state index is -0.517. The molecular weight excluding hydrogens is 664 g/mol. The van der Waals surface area contributed by atoms with E-state index in [4.69, 9.17) is 53.1 Å². The highest BCUT2D eigenvalue weighted by Crippen LogP contribution is 2.44. The van der Waals surface area contributed by atoms with Crippen LogP contribution in [0.2, 0.25) is 0 Å². The van der Waals surface area contributed by atoms with E-state index >= 15 is 0 Å². The largest absolute Gasteiger partial charge is 0.497 e. The van der Waals surface area contributed by atoms with Gasteiger partial charge in [-0.1, -0.05) is 30.3 Å². The molecule has 13 nitrogen and oxygen atoms in total. The molecule has 1 aliphatic heterocycles. The average Bonchev–Trinajstić information content (AvgIpc) is 4.00. The van der Waals surface area contributed by atoms with Gasteiger partial charge in [0.05, 0.1) is 56.9 Å². The SMILES string of the molecule is COc1ccc(/C=C/C(=O)c2cc(OC)c(OC)c(OC)c2)cc1.COc1ccc(C2OC2C(=O)c2cc(OC)c(OC)c(OC)c2)cc1.OO. The lowest BCUT2D eigenvalue weighted by Gasteiger charge is -2.13. The van der Waals surface area contributed by atoms with Crippen molar-refractivity contribution >= 4 is 17.6 Å². The molecule has 4 aromatic rings. The molecule has 0 aliphatic carbocycles. The Balaban J connectivity index is 0.000000263. The first-order valence-corrected chi connectivity index (χ1v) is 15.3. The summed E-state index contributed by atoms with van der Waals surface area (Å²) in [7, 11) is 12.3. The Morgan fingerprint density at radius 3 is 1.37 bits per heavy atom. The molecule has 1 saturated heterocycles. The Hall–Kier alpha value is -5.76. The number of ether oxygens (including phenoxy) is 9. The summed E-state index contributed by atoms with van der Waals surface area (Å²) in [5.41, 5.74) is 2.74. The van der Waals surface area contributed by atoms with Gasteiger partial charge in [-0.15, -0.1) is 0 Å². The number of rotatable bonds is 14. The normalized spacial score (nSPS) is 14.1. The lowest BCUT2D eigenvalue weighted by molar-refractivity contribution is -0.176. The van der Waals surface area contributed by atoms with Gasteiger partial charge in [-0.05, 0) is 65.7 Å². The molecule has 272 valence electrons. The van der Waals surface area contributed by atoms with Crippen LogP contribution in [0.1, 0.15) is 37.9 Å². The molecule has 0 amide bonds. The third kappa shape index (κ3) is 9.91. The molecule has 2 unspecified atom stereocenters. The molecule has 4 aromatic carbocycles. The number of hydrogen-bond acceptors (Lipinski definition) is 13. The number of Topliss-reactive ketones (excluding diaryl/α,β-unsaturated/α-hetero) is 1. The molecule has 0 radical (unpaired) electrons. The molecule has 13 heteroatoms. The van der Waals surface area contributed by atoms with Crippen LogP contribution < -0.4 is 37.9 Å². The molecule has 1 aliphatic rings. The van der Waals surface area contributed by atoms with Gasteiger partial charge < -0.3 is 42.6 Å². The van der Waals surface area contributed by atoms with Gasteiger partial charge in [-0.2, -0.15) is 0 Å². The van der Waals surface area contributed by atoms with Crippen molar-refractivity contribution in [1.82, 2.24) is 0 Å². The van der Waals surface area contributed by atoms with Crippen molar-refractivity contribution in [2.45, 2.75) is 12.2 Å². The number of carbonyl (C=O) groups is 2. The predicted molar refractivity (Wildman–Crippen MR) is 189 cm³/mol. The second-order valence-corrected chi connectivity index (χ2v) is 10.4. The van der Waals surface area contributed by atoms with Gasteiger partial charge in [-0.25, -0.2) is 0 Å². The van der Waals surface area contributed by atoms with E-state index < -0.39 is 6.10 Å². The van der Waals surface area contributed by atoms with Crippen LogP contribution in [0.5, 0.6) is 46.0 Å². The van der Waals surface area contributed by atoms with Crippen LogP contribution in [0.3, 0.4) is 0 Å². The van der Waals surface area contributed by atoms with Crippen LogP contribution >= 0.6 is 0 Å². The first kappa shape index (κ1) is 39.7. The molecule has 5 rings (SSSR count). The van der Waals surface area contributed by atoms with Crippen molar-refractivity contribution in [3.8, 4) is 46.0 Å². The first-order valence-electron chi connectivity index (χ1n) is 15.3. The number of hydrogen-bond donors (Lipinski definition) is 2. The highest BCUT2D eigenvalue weighted by molar-refractivity contribution is 6.07. The van der Waals surface area contributed by atoms with Crippen molar-refractivity contribution in [3.63, 3.8) is 0 Å². The summed E-state index contributed by atoms with van der Waals surface area (Å²) < 4.78 is 47.5. The van der Waals surface area contributed by atoms with Gasteiger partial charge in [0.1, 0.15) is 17.6 Å². The Morgan fingerprint density at radius 2 is 0.980 bits per heavy atom. The summed E-state index contributed by atoms with van der Waals surface area (Å²) in [4.78, 5) is 25.2. The standard InChI is InChI=1S/C19H20O6.C19H20O5.H2O2/c1-21-13-7-5-11(6-8-13)17-19(25-17)16(20)12-9-14(22-2)18(24-4)15(10-12)23-3;1-21-15-8-5-13(6-9-15)7-10-16(20)14-11-17(22-2)19(24-4)18(12-14)23-3;1-2/h5-10,17,19H,1-4H3;5-12H,1-4H3;1-2H/b;10-7+;. The monoisotopic (exact) mass is 706 g/mol. The minimum absolute atomic E-state index is 0.125. The van der Waals surface area contributed by atoms with Crippen LogP contribution in [-0.2, 0) is 4.74 Å². The van der Waals surface area contributed by atoms with E-state index in [1.807, 2.05) is 48.5 Å². The molecule has 51 heavy (non-hydrogen) atoms. The molecular formula is C38H42O13. The molecule has 0 spiro atoms. The predicted octanol–water partition coefficient (Wildman–Crippen LogP) is 6.68. The number of allylic oxidation sites excluding steroid dienone is 1. The summed E-state index contributed by atoms with van der Waals surface area (Å²) in [5, 5.41) is 12.0.